The molecule has 1 fully saturated rings. The number of ether oxygens (including phenoxy) is 1. The van der Waals surface area contributed by atoms with E-state index in [9.17, 15) is 9.90 Å². The quantitative estimate of drug-likeness (QED) is 0.866. The van der Waals surface area contributed by atoms with Gasteiger partial charge in [-0.2, -0.15) is 0 Å². The highest BCUT2D eigenvalue weighted by molar-refractivity contribution is 6.31. The van der Waals surface area contributed by atoms with Crippen LogP contribution in [0, 0.1) is 13.8 Å². The highest BCUT2D eigenvalue weighted by Crippen LogP contribution is 2.43. The van der Waals surface area contributed by atoms with Crippen LogP contribution in [0.2, 0.25) is 5.02 Å². The molecule has 1 aliphatic carbocycles. The summed E-state index contributed by atoms with van der Waals surface area (Å²) in [6.45, 7) is 3.82. The van der Waals surface area contributed by atoms with Crippen LogP contribution in [0.1, 0.15) is 42.4 Å². The van der Waals surface area contributed by atoms with Crippen molar-refractivity contribution in [1.82, 2.24) is 5.32 Å². The van der Waals surface area contributed by atoms with E-state index in [0.717, 1.165) is 36.0 Å². The third-order valence-corrected chi connectivity index (χ3v) is 5.27. The van der Waals surface area contributed by atoms with Gasteiger partial charge in [-0.05, 0) is 61.9 Å². The molecule has 0 bridgehead atoms. The van der Waals surface area contributed by atoms with Gasteiger partial charge in [0.1, 0.15) is 11.3 Å². The molecule has 1 aromatic carbocycles. The molecule has 1 saturated carbocycles. The molecule has 2 aliphatic rings. The highest BCUT2D eigenvalue weighted by atomic mass is 35.5. The van der Waals surface area contributed by atoms with Gasteiger partial charge in [0.25, 0.3) is 5.91 Å². The van der Waals surface area contributed by atoms with E-state index in [0.29, 0.717) is 17.0 Å². The number of aryl methyl sites for hydroxylation is 2. The Labute approximate surface area is 141 Å². The van der Waals surface area contributed by atoms with E-state index in [1.807, 2.05) is 26.0 Å². The molecule has 0 aromatic heterocycles. The van der Waals surface area contributed by atoms with Crippen LogP contribution < -0.4 is 5.32 Å². The second kappa shape index (κ2) is 5.84. The van der Waals surface area contributed by atoms with Crippen LogP contribution in [0.3, 0.4) is 0 Å². The predicted octanol–water partition coefficient (Wildman–Crippen LogP) is 3.68. The maximum absolute atomic E-state index is 12.6. The molecule has 4 nitrogen and oxygen atoms in total. The predicted molar refractivity (Wildman–Crippen MR) is 90.6 cm³/mol. The number of aliphatic hydroxyl groups excluding tert-OH is 1. The molecule has 1 spiro atoms. The maximum atomic E-state index is 12.6. The van der Waals surface area contributed by atoms with Crippen LogP contribution in [0.5, 0.6) is 0 Å². The number of nitrogens with one attached hydrogen (secondary N) is 1. The Hall–Kier alpha value is -1.52. The monoisotopic (exact) mass is 335 g/mol. The van der Waals surface area contributed by atoms with Gasteiger partial charge in [-0.1, -0.05) is 11.6 Å². The lowest BCUT2D eigenvalue weighted by Gasteiger charge is -2.37. The number of amides is 1. The van der Waals surface area contributed by atoms with Crippen LogP contribution in [0.15, 0.2) is 17.9 Å². The molecule has 5 heteroatoms. The number of hydrogen-bond donors (Lipinski definition) is 2. The number of methoxy groups -OCH3 is 1. The number of carbonyl (C=O) groups excluding carboxylic acids is 1. The Balaban J connectivity index is 2.10. The summed E-state index contributed by atoms with van der Waals surface area (Å²) in [6, 6.07) is 3.64. The first-order valence-electron chi connectivity index (χ1n) is 7.94. The lowest BCUT2D eigenvalue weighted by Crippen LogP contribution is -2.49. The third-order valence-electron chi connectivity index (χ3n) is 5.06. The molecule has 2 atom stereocenters. The minimum Gasteiger partial charge on any atom is -0.509 e. The number of halogens is 1. The van der Waals surface area contributed by atoms with E-state index in [4.69, 9.17) is 16.3 Å². The Bertz CT molecular complexity index is 675. The standard InChI is InChI=1S/C18H22ClNO3/c1-10-7-12(19)8-11(2)14(10)15-16(21)18(20-17(15)22)6-4-5-13(9-18)23-3/h7-8,13,21H,4-6,9H2,1-3H3,(H,20,22). The summed E-state index contributed by atoms with van der Waals surface area (Å²) >= 11 is 6.09. The third kappa shape index (κ3) is 2.64. The Morgan fingerprint density at radius 2 is 2.00 bits per heavy atom. The van der Waals surface area contributed by atoms with Crippen molar-refractivity contribution in [1.29, 1.82) is 0 Å². The first-order valence-corrected chi connectivity index (χ1v) is 8.32. The molecular formula is C18H22ClNO3. The van der Waals surface area contributed by atoms with Gasteiger partial charge < -0.3 is 15.2 Å². The van der Waals surface area contributed by atoms with E-state index in [-0.39, 0.29) is 17.8 Å². The van der Waals surface area contributed by atoms with Gasteiger partial charge in [0.05, 0.1) is 11.7 Å². The zero-order valence-corrected chi connectivity index (χ0v) is 14.5. The van der Waals surface area contributed by atoms with Gasteiger partial charge in [0.15, 0.2) is 0 Å². The summed E-state index contributed by atoms with van der Waals surface area (Å²) in [5.41, 5.74) is 2.25. The normalized spacial score (nSPS) is 27.7. The SMILES string of the molecule is COC1CCCC2(C1)NC(=O)C(c1c(C)cc(Cl)cc1C)=C2O. The zero-order valence-electron chi connectivity index (χ0n) is 13.7. The summed E-state index contributed by atoms with van der Waals surface area (Å²) in [5.74, 6) is -0.0643. The number of hydrogen-bond acceptors (Lipinski definition) is 3. The smallest absolute Gasteiger partial charge is 0.256 e. The molecule has 1 aliphatic heterocycles. The lowest BCUT2D eigenvalue weighted by atomic mass is 9.78. The van der Waals surface area contributed by atoms with Crippen molar-refractivity contribution in [2.45, 2.75) is 51.2 Å². The molecule has 0 saturated heterocycles. The Kier molecular flexibility index (Phi) is 4.15. The van der Waals surface area contributed by atoms with Crippen molar-refractivity contribution in [3.8, 4) is 0 Å². The second-order valence-electron chi connectivity index (χ2n) is 6.63. The molecule has 124 valence electrons. The van der Waals surface area contributed by atoms with E-state index >= 15 is 0 Å². The zero-order chi connectivity index (χ0) is 16.8. The number of aliphatic hydroxyl groups is 1. The number of rotatable bonds is 2. The Morgan fingerprint density at radius 1 is 1.35 bits per heavy atom. The second-order valence-corrected chi connectivity index (χ2v) is 7.06. The molecular weight excluding hydrogens is 314 g/mol. The van der Waals surface area contributed by atoms with Gasteiger partial charge in [0.2, 0.25) is 0 Å². The molecule has 1 heterocycles. The molecule has 23 heavy (non-hydrogen) atoms. The van der Waals surface area contributed by atoms with Crippen LogP contribution in [-0.4, -0.2) is 29.8 Å². The van der Waals surface area contributed by atoms with E-state index < -0.39 is 5.54 Å². The largest absolute Gasteiger partial charge is 0.509 e. The molecule has 2 unspecified atom stereocenters. The van der Waals surface area contributed by atoms with E-state index in [1.165, 1.54) is 0 Å². The lowest BCUT2D eigenvalue weighted by molar-refractivity contribution is -0.116. The van der Waals surface area contributed by atoms with Gasteiger partial charge in [-0.15, -0.1) is 0 Å². The van der Waals surface area contributed by atoms with Crippen LogP contribution in [0.4, 0.5) is 0 Å². The van der Waals surface area contributed by atoms with Gasteiger partial charge in [-0.25, -0.2) is 0 Å². The first kappa shape index (κ1) is 16.3. The fourth-order valence-electron chi connectivity index (χ4n) is 3.98. The maximum Gasteiger partial charge on any atom is 0.256 e. The van der Waals surface area contributed by atoms with Crippen molar-refractivity contribution in [3.05, 3.63) is 39.6 Å². The fraction of sp³-hybridized carbons (Fsp3) is 0.500. The van der Waals surface area contributed by atoms with Crippen molar-refractivity contribution in [3.63, 3.8) is 0 Å². The molecule has 1 amide bonds. The molecule has 1 aromatic rings. The molecule has 0 radical (unpaired) electrons. The summed E-state index contributed by atoms with van der Waals surface area (Å²) in [7, 11) is 1.68. The summed E-state index contributed by atoms with van der Waals surface area (Å²) in [6.07, 6.45) is 3.26. The van der Waals surface area contributed by atoms with Crippen molar-refractivity contribution < 1.29 is 14.6 Å². The minimum atomic E-state index is -0.691. The minimum absolute atomic E-state index is 0.0537. The summed E-state index contributed by atoms with van der Waals surface area (Å²) in [4.78, 5) is 12.6. The molecule has 3 rings (SSSR count). The summed E-state index contributed by atoms with van der Waals surface area (Å²) in [5, 5.41) is 14.6. The highest BCUT2D eigenvalue weighted by Gasteiger charge is 2.49. The topological polar surface area (TPSA) is 58.6 Å². The van der Waals surface area contributed by atoms with Crippen molar-refractivity contribution in [2.75, 3.05) is 7.11 Å². The van der Waals surface area contributed by atoms with Gasteiger partial charge in [0, 0.05) is 18.6 Å². The van der Waals surface area contributed by atoms with E-state index in [2.05, 4.69) is 5.32 Å². The van der Waals surface area contributed by atoms with Crippen LogP contribution >= 0.6 is 11.6 Å². The average Bonchev–Trinajstić information content (AvgIpc) is 2.70. The van der Waals surface area contributed by atoms with Crippen LogP contribution in [-0.2, 0) is 9.53 Å². The Morgan fingerprint density at radius 3 is 2.61 bits per heavy atom. The summed E-state index contributed by atoms with van der Waals surface area (Å²) < 4.78 is 5.46. The van der Waals surface area contributed by atoms with Crippen LogP contribution in [0.25, 0.3) is 5.57 Å². The number of carbonyl (C=O) groups is 1. The molecule has 2 N–H and O–H groups in total. The van der Waals surface area contributed by atoms with Crippen molar-refractivity contribution in [2.24, 2.45) is 0 Å². The average molecular weight is 336 g/mol. The van der Waals surface area contributed by atoms with Gasteiger partial charge in [-0.3, -0.25) is 4.79 Å². The van der Waals surface area contributed by atoms with E-state index in [1.54, 1.807) is 7.11 Å². The number of benzene rings is 1. The van der Waals surface area contributed by atoms with Crippen molar-refractivity contribution >= 4 is 23.1 Å². The fourth-order valence-corrected chi connectivity index (χ4v) is 4.30. The first-order chi connectivity index (χ1) is 10.9. The van der Waals surface area contributed by atoms with Gasteiger partial charge >= 0.3 is 0 Å².